The first kappa shape index (κ1) is 40.5. The largest absolute Gasteiger partial charge is 1.00 e. The normalized spacial score (nSPS) is 9.17. The van der Waals surface area contributed by atoms with Gasteiger partial charge in [0.2, 0.25) is 5.91 Å². The van der Waals surface area contributed by atoms with Gasteiger partial charge in [0.15, 0.2) is 0 Å². The van der Waals surface area contributed by atoms with E-state index >= 15 is 0 Å². The Balaban J connectivity index is -0.000000178. The van der Waals surface area contributed by atoms with E-state index in [0.717, 1.165) is 26.7 Å². The molecule has 8 heteroatoms. The topological polar surface area (TPSA) is 123 Å². The zero-order valence-corrected chi connectivity index (χ0v) is 24.2. The van der Waals surface area contributed by atoms with Crippen LogP contribution in [0, 0.1) is 0 Å². The molecule has 166 valence electrons. The van der Waals surface area contributed by atoms with Gasteiger partial charge in [-0.05, 0) is 46.0 Å². The Labute approximate surface area is 228 Å². The van der Waals surface area contributed by atoms with E-state index in [1.165, 1.54) is 70.6 Å². The minimum atomic E-state index is -1.08. The molecule has 1 amide bonds. The first-order chi connectivity index (χ1) is 13.2. The first-order valence-electron chi connectivity index (χ1n) is 10.5. The van der Waals surface area contributed by atoms with Gasteiger partial charge in [0.25, 0.3) is 0 Å². The molecule has 0 aliphatic carbocycles. The Morgan fingerprint density at radius 3 is 1.30 bits per heavy atom. The molecule has 0 aliphatic heterocycles. The van der Waals surface area contributed by atoms with E-state index in [0.29, 0.717) is 6.42 Å². The summed E-state index contributed by atoms with van der Waals surface area (Å²) in [6.07, 6.45) is 21.9. The van der Waals surface area contributed by atoms with Crippen LogP contribution in [0.1, 0.15) is 111 Å². The van der Waals surface area contributed by atoms with Crippen LogP contribution in [0.3, 0.4) is 0 Å². The molecule has 0 aliphatic rings. The standard InChI is InChI=1S/C18H35NO.2C2H4O2.2Na/c1-2-3-4-5-6-7-8-9-10-11-12-13-14-15-16-17-18(19)20;2*1-2(3)4;;/h9-10H,2-8,11-17H2,1H3,(H2,19,20);2*1H3,(H,3,4);;/q;;;2*+1/p-2/b10-9-;;;;. The third-order valence-corrected chi connectivity index (χ3v) is 3.68. The van der Waals surface area contributed by atoms with Crippen molar-refractivity contribution in [3.8, 4) is 0 Å². The summed E-state index contributed by atoms with van der Waals surface area (Å²) in [5.41, 5.74) is 5.10. The number of rotatable bonds is 15. The van der Waals surface area contributed by atoms with Gasteiger partial charge in [0, 0.05) is 18.4 Å². The quantitative estimate of drug-likeness (QED) is 0.164. The van der Waals surface area contributed by atoms with Crippen LogP contribution in [0.15, 0.2) is 12.2 Å². The van der Waals surface area contributed by atoms with Crippen LogP contribution in [-0.2, 0) is 14.4 Å². The zero-order valence-electron chi connectivity index (χ0n) is 20.2. The zero-order chi connectivity index (χ0) is 22.0. The molecule has 0 spiro atoms. The van der Waals surface area contributed by atoms with E-state index in [-0.39, 0.29) is 65.0 Å². The molecule has 0 aromatic rings. The maximum atomic E-state index is 10.5. The Morgan fingerprint density at radius 1 is 0.667 bits per heavy atom. The van der Waals surface area contributed by atoms with Crippen LogP contribution >= 0.6 is 0 Å². The van der Waals surface area contributed by atoms with Crippen molar-refractivity contribution >= 4 is 17.8 Å². The van der Waals surface area contributed by atoms with Crippen LogP contribution in [0.4, 0.5) is 0 Å². The molecule has 30 heavy (non-hydrogen) atoms. The molecule has 0 saturated carbocycles. The molecule has 0 aromatic heterocycles. The molecular weight excluding hydrogens is 404 g/mol. The average molecular weight is 446 g/mol. The van der Waals surface area contributed by atoms with Gasteiger partial charge in [-0.3, -0.25) is 4.79 Å². The van der Waals surface area contributed by atoms with Crippen molar-refractivity contribution in [3.05, 3.63) is 12.2 Å². The number of amides is 1. The smallest absolute Gasteiger partial charge is 0.550 e. The van der Waals surface area contributed by atoms with Crippen molar-refractivity contribution in [2.45, 2.75) is 111 Å². The van der Waals surface area contributed by atoms with Gasteiger partial charge in [0.1, 0.15) is 0 Å². The van der Waals surface area contributed by atoms with Crippen molar-refractivity contribution in [2.24, 2.45) is 5.73 Å². The van der Waals surface area contributed by atoms with Crippen LogP contribution in [0.2, 0.25) is 0 Å². The van der Waals surface area contributed by atoms with Crippen LogP contribution in [0.5, 0.6) is 0 Å². The van der Waals surface area contributed by atoms with Crippen LogP contribution < -0.4 is 75.1 Å². The van der Waals surface area contributed by atoms with E-state index in [9.17, 15) is 4.79 Å². The van der Waals surface area contributed by atoms with Gasteiger partial charge in [-0.2, -0.15) is 0 Å². The fraction of sp³-hybridized carbons (Fsp3) is 0.773. The van der Waals surface area contributed by atoms with Crippen molar-refractivity contribution < 1.29 is 83.7 Å². The predicted molar refractivity (Wildman–Crippen MR) is 110 cm³/mol. The molecule has 0 bridgehead atoms. The van der Waals surface area contributed by atoms with E-state index in [1.807, 2.05) is 0 Å². The first-order valence-corrected chi connectivity index (χ1v) is 10.5. The molecule has 0 fully saturated rings. The van der Waals surface area contributed by atoms with Gasteiger partial charge in [-0.25, -0.2) is 0 Å². The molecule has 0 saturated heterocycles. The van der Waals surface area contributed by atoms with Crippen molar-refractivity contribution in [1.82, 2.24) is 0 Å². The van der Waals surface area contributed by atoms with E-state index < -0.39 is 11.9 Å². The summed E-state index contributed by atoms with van der Waals surface area (Å²) in [5, 5.41) is 17.8. The van der Waals surface area contributed by atoms with E-state index in [2.05, 4.69) is 19.1 Å². The summed E-state index contributed by atoms with van der Waals surface area (Å²) in [6, 6.07) is 0. The number of carbonyl (C=O) groups excluding carboxylic acids is 3. The number of carboxylic acid groups (broad SMARTS) is 2. The minimum Gasteiger partial charge on any atom is -0.550 e. The number of primary amides is 1. The Bertz CT molecular complexity index is 385. The second-order valence-corrected chi connectivity index (χ2v) is 6.78. The van der Waals surface area contributed by atoms with Crippen LogP contribution in [-0.4, -0.2) is 17.8 Å². The van der Waals surface area contributed by atoms with Gasteiger partial charge in [0.05, 0.1) is 0 Å². The summed E-state index contributed by atoms with van der Waals surface area (Å²) >= 11 is 0. The Hall–Kier alpha value is 0.150. The Kier molecular flexibility index (Phi) is 49.3. The van der Waals surface area contributed by atoms with Gasteiger partial charge >= 0.3 is 59.1 Å². The fourth-order valence-electron chi connectivity index (χ4n) is 2.37. The van der Waals surface area contributed by atoms with E-state index in [1.54, 1.807) is 0 Å². The summed E-state index contributed by atoms with van der Waals surface area (Å²) in [7, 11) is 0. The Morgan fingerprint density at radius 2 is 0.967 bits per heavy atom. The molecular formula is C22H41NNa2O5. The second kappa shape index (κ2) is 36.5. The summed E-state index contributed by atoms with van der Waals surface area (Å²) < 4.78 is 0. The maximum Gasteiger partial charge on any atom is 1.00 e. The van der Waals surface area contributed by atoms with Gasteiger partial charge in [-0.1, -0.05) is 70.4 Å². The number of carbonyl (C=O) groups is 3. The molecule has 0 radical (unpaired) electrons. The molecule has 6 nitrogen and oxygen atoms in total. The molecule has 0 unspecified atom stereocenters. The third kappa shape index (κ3) is 70.5. The monoisotopic (exact) mass is 445 g/mol. The molecule has 0 atom stereocenters. The minimum absolute atomic E-state index is 0. The number of allylic oxidation sites excluding steroid dienone is 2. The van der Waals surface area contributed by atoms with E-state index in [4.69, 9.17) is 25.5 Å². The predicted octanol–water partition coefficient (Wildman–Crippen LogP) is -2.97. The summed E-state index contributed by atoms with van der Waals surface area (Å²) in [6.45, 7) is 4.21. The number of carboxylic acids is 2. The fourth-order valence-corrected chi connectivity index (χ4v) is 2.37. The summed E-state index contributed by atoms with van der Waals surface area (Å²) in [4.78, 5) is 28.3. The molecule has 0 rings (SSSR count). The molecule has 0 heterocycles. The number of hydrogen-bond donors (Lipinski definition) is 1. The number of hydrogen-bond acceptors (Lipinski definition) is 5. The molecule has 0 aromatic carbocycles. The maximum absolute atomic E-state index is 10.5. The van der Waals surface area contributed by atoms with Crippen molar-refractivity contribution in [3.63, 3.8) is 0 Å². The average Bonchev–Trinajstić information content (AvgIpc) is 2.57. The number of unbranched alkanes of at least 4 members (excludes halogenated alkanes) is 11. The van der Waals surface area contributed by atoms with Gasteiger partial charge < -0.3 is 25.5 Å². The number of aliphatic carboxylic acids is 2. The van der Waals surface area contributed by atoms with Gasteiger partial charge in [-0.15, -0.1) is 0 Å². The molecule has 2 N–H and O–H groups in total. The van der Waals surface area contributed by atoms with Crippen molar-refractivity contribution in [2.75, 3.05) is 0 Å². The number of nitrogens with two attached hydrogens (primary N) is 1. The second-order valence-electron chi connectivity index (χ2n) is 6.78. The van der Waals surface area contributed by atoms with Crippen LogP contribution in [0.25, 0.3) is 0 Å². The SMILES string of the molecule is CC(=O)[O-].CC(=O)[O-].CCCCCCCC/C=C\CCCCCCCC(N)=O.[Na+].[Na+]. The summed E-state index contributed by atoms with van der Waals surface area (Å²) in [5.74, 6) is -2.33. The third-order valence-electron chi connectivity index (χ3n) is 3.68. The van der Waals surface area contributed by atoms with Crippen molar-refractivity contribution in [1.29, 1.82) is 0 Å².